The van der Waals surface area contributed by atoms with Gasteiger partial charge in [0.1, 0.15) is 0 Å². The molecule has 0 aliphatic rings. The highest BCUT2D eigenvalue weighted by atomic mass is 32.1. The van der Waals surface area contributed by atoms with Gasteiger partial charge in [-0.05, 0) is 17.6 Å². The first kappa shape index (κ1) is 14.6. The Morgan fingerprint density at radius 1 is 1.20 bits per heavy atom. The average molecular weight is 234 g/mol. The van der Waals surface area contributed by atoms with E-state index < -0.39 is 0 Å². The lowest BCUT2D eigenvalue weighted by atomic mass is 9.99. The van der Waals surface area contributed by atoms with Crippen molar-refractivity contribution >= 4 is 17.3 Å². The minimum Gasteiger partial charge on any atom is -0.379 e. The van der Waals surface area contributed by atoms with Crippen molar-refractivity contribution in [2.45, 2.75) is 20.8 Å². The molecule has 0 saturated heterocycles. The van der Waals surface area contributed by atoms with Gasteiger partial charge in [-0.2, -0.15) is 0 Å². The Balaban J connectivity index is 3.09. The fourth-order valence-electron chi connectivity index (χ4n) is 0.845. The predicted molar refractivity (Wildman–Crippen MR) is 65.9 cm³/mol. The van der Waals surface area contributed by atoms with E-state index in [0.717, 1.165) is 6.61 Å². The zero-order valence-electron chi connectivity index (χ0n) is 9.84. The van der Waals surface area contributed by atoms with E-state index in [-0.39, 0.29) is 5.41 Å². The van der Waals surface area contributed by atoms with Gasteiger partial charge in [0.25, 0.3) is 0 Å². The smallest absolute Gasteiger partial charge is 0.163 e. The van der Waals surface area contributed by atoms with Gasteiger partial charge in [0.2, 0.25) is 0 Å². The van der Waals surface area contributed by atoms with E-state index in [4.69, 9.17) is 15.2 Å². The van der Waals surface area contributed by atoms with Crippen LogP contribution in [0.15, 0.2) is 0 Å². The largest absolute Gasteiger partial charge is 0.379 e. The highest BCUT2D eigenvalue weighted by Gasteiger charge is 2.09. The van der Waals surface area contributed by atoms with Gasteiger partial charge in [-0.3, -0.25) is 0 Å². The molecule has 5 heteroatoms. The first-order valence-corrected chi connectivity index (χ1v) is 5.51. The molecule has 0 rings (SSSR count). The minimum absolute atomic E-state index is 0.216. The highest BCUT2D eigenvalue weighted by Crippen LogP contribution is 2.12. The minimum atomic E-state index is 0.216. The Bertz CT molecular complexity index is 181. The van der Waals surface area contributed by atoms with Crippen molar-refractivity contribution in [1.82, 2.24) is 5.32 Å². The van der Waals surface area contributed by atoms with Crippen LogP contribution < -0.4 is 11.1 Å². The third-order valence-electron chi connectivity index (χ3n) is 1.45. The molecule has 0 aromatic heterocycles. The maximum Gasteiger partial charge on any atom is 0.163 e. The van der Waals surface area contributed by atoms with E-state index in [1.54, 1.807) is 0 Å². The van der Waals surface area contributed by atoms with Gasteiger partial charge in [0.05, 0.1) is 26.4 Å². The monoisotopic (exact) mass is 234 g/mol. The number of nitrogens with two attached hydrogens (primary N) is 1. The zero-order valence-corrected chi connectivity index (χ0v) is 10.7. The standard InChI is InChI=1S/C10H22N2O2S/c1-10(2,3)8-14-7-6-13-5-4-12-9(11)15/h4-8H2,1-3H3,(H3,11,12,15). The molecule has 3 N–H and O–H groups in total. The molecule has 0 bridgehead atoms. The maximum atomic E-state index is 5.43. The lowest BCUT2D eigenvalue weighted by Gasteiger charge is -2.17. The zero-order chi connectivity index (χ0) is 11.7. The predicted octanol–water partition coefficient (Wildman–Crippen LogP) is 0.899. The topological polar surface area (TPSA) is 56.5 Å². The van der Waals surface area contributed by atoms with Crippen LogP contribution in [0.2, 0.25) is 0 Å². The van der Waals surface area contributed by atoms with Crippen molar-refractivity contribution in [3.63, 3.8) is 0 Å². The molecule has 0 aromatic carbocycles. The normalized spacial score (nSPS) is 11.4. The summed E-state index contributed by atoms with van der Waals surface area (Å²) in [5.74, 6) is 0. The van der Waals surface area contributed by atoms with Crippen LogP contribution in [0.1, 0.15) is 20.8 Å². The lowest BCUT2D eigenvalue weighted by Crippen LogP contribution is -2.32. The summed E-state index contributed by atoms with van der Waals surface area (Å²) in [4.78, 5) is 0. The summed E-state index contributed by atoms with van der Waals surface area (Å²) in [6.07, 6.45) is 0. The van der Waals surface area contributed by atoms with E-state index in [9.17, 15) is 0 Å². The molecule has 0 spiro atoms. The fraction of sp³-hybridized carbons (Fsp3) is 0.900. The third kappa shape index (κ3) is 13.6. The van der Waals surface area contributed by atoms with Gasteiger partial charge < -0.3 is 20.5 Å². The van der Waals surface area contributed by atoms with Gasteiger partial charge in [0, 0.05) is 6.54 Å². The van der Waals surface area contributed by atoms with Crippen LogP contribution in [0.3, 0.4) is 0 Å². The summed E-state index contributed by atoms with van der Waals surface area (Å²) < 4.78 is 10.7. The Hall–Kier alpha value is -0.390. The Morgan fingerprint density at radius 3 is 2.33 bits per heavy atom. The van der Waals surface area contributed by atoms with Crippen LogP contribution in [0.25, 0.3) is 0 Å². The van der Waals surface area contributed by atoms with Crippen LogP contribution in [-0.2, 0) is 9.47 Å². The van der Waals surface area contributed by atoms with Crippen LogP contribution in [0, 0.1) is 5.41 Å². The Morgan fingerprint density at radius 2 is 1.80 bits per heavy atom. The lowest BCUT2D eigenvalue weighted by molar-refractivity contribution is 0.0208. The van der Waals surface area contributed by atoms with E-state index in [0.29, 0.717) is 31.5 Å². The summed E-state index contributed by atoms with van der Waals surface area (Å²) in [6, 6.07) is 0. The summed E-state index contributed by atoms with van der Waals surface area (Å²) in [7, 11) is 0. The van der Waals surface area contributed by atoms with Crippen molar-refractivity contribution in [3.05, 3.63) is 0 Å². The Kier molecular flexibility index (Phi) is 7.64. The van der Waals surface area contributed by atoms with Crippen LogP contribution in [0.4, 0.5) is 0 Å². The van der Waals surface area contributed by atoms with E-state index in [2.05, 4.69) is 38.3 Å². The van der Waals surface area contributed by atoms with Crippen LogP contribution >= 0.6 is 12.2 Å². The molecule has 0 atom stereocenters. The van der Waals surface area contributed by atoms with Gasteiger partial charge in [-0.15, -0.1) is 0 Å². The molecule has 0 fully saturated rings. The molecule has 0 aliphatic carbocycles. The first-order chi connectivity index (χ1) is 6.92. The maximum absolute atomic E-state index is 5.43. The number of hydrogen-bond acceptors (Lipinski definition) is 3. The van der Waals surface area contributed by atoms with Crippen molar-refractivity contribution in [3.8, 4) is 0 Å². The highest BCUT2D eigenvalue weighted by molar-refractivity contribution is 7.80. The molecule has 0 saturated carbocycles. The summed E-state index contributed by atoms with van der Waals surface area (Å²) >= 11 is 4.64. The molecule has 0 amide bonds. The van der Waals surface area contributed by atoms with E-state index in [1.165, 1.54) is 0 Å². The molecule has 0 radical (unpaired) electrons. The van der Waals surface area contributed by atoms with E-state index >= 15 is 0 Å². The number of rotatable bonds is 7. The summed E-state index contributed by atoms with van der Waals surface area (Å²) in [5, 5.41) is 3.11. The van der Waals surface area contributed by atoms with Gasteiger partial charge >= 0.3 is 0 Å². The van der Waals surface area contributed by atoms with Gasteiger partial charge in [-0.1, -0.05) is 20.8 Å². The first-order valence-electron chi connectivity index (χ1n) is 5.10. The second kappa shape index (κ2) is 7.84. The van der Waals surface area contributed by atoms with Crippen LogP contribution in [0.5, 0.6) is 0 Å². The molecule has 0 aromatic rings. The molecular formula is C10H22N2O2S. The van der Waals surface area contributed by atoms with Gasteiger partial charge in [0.15, 0.2) is 5.11 Å². The molecule has 15 heavy (non-hydrogen) atoms. The quantitative estimate of drug-likeness (QED) is 0.506. The molecule has 90 valence electrons. The molecule has 0 aliphatic heterocycles. The fourth-order valence-corrected chi connectivity index (χ4v) is 0.947. The number of nitrogens with one attached hydrogen (secondary N) is 1. The average Bonchev–Trinajstić information content (AvgIpc) is 2.07. The van der Waals surface area contributed by atoms with Crippen molar-refractivity contribution < 1.29 is 9.47 Å². The molecule has 0 heterocycles. The SMILES string of the molecule is CC(C)(C)COCCOCCNC(N)=S. The second-order valence-electron chi connectivity index (χ2n) is 4.52. The van der Waals surface area contributed by atoms with Gasteiger partial charge in [-0.25, -0.2) is 0 Å². The summed E-state index contributed by atoms with van der Waals surface area (Å²) in [5.41, 5.74) is 5.46. The number of hydrogen-bond donors (Lipinski definition) is 2. The Labute approximate surface area is 97.5 Å². The van der Waals surface area contributed by atoms with Crippen LogP contribution in [-0.4, -0.2) is 38.1 Å². The third-order valence-corrected chi connectivity index (χ3v) is 1.60. The number of ether oxygens (including phenoxy) is 2. The van der Waals surface area contributed by atoms with Crippen molar-refractivity contribution in [2.75, 3.05) is 33.0 Å². The molecular weight excluding hydrogens is 212 g/mol. The molecule has 4 nitrogen and oxygen atoms in total. The number of thiocarbonyl (C=S) groups is 1. The van der Waals surface area contributed by atoms with Crippen molar-refractivity contribution in [2.24, 2.45) is 11.1 Å². The second-order valence-corrected chi connectivity index (χ2v) is 4.96. The van der Waals surface area contributed by atoms with E-state index in [1.807, 2.05) is 0 Å². The summed E-state index contributed by atoms with van der Waals surface area (Å²) in [6.45, 7) is 9.64. The van der Waals surface area contributed by atoms with Crippen molar-refractivity contribution in [1.29, 1.82) is 0 Å². The molecule has 0 unspecified atom stereocenters.